The van der Waals surface area contributed by atoms with Gasteiger partial charge in [-0.05, 0) is 37.1 Å². The van der Waals surface area contributed by atoms with Crippen molar-refractivity contribution in [2.24, 2.45) is 0 Å². The molecule has 1 aliphatic heterocycles. The molecule has 0 fully saturated rings. The summed E-state index contributed by atoms with van der Waals surface area (Å²) in [6, 6.07) is 8.19. The quantitative estimate of drug-likeness (QED) is 0.634. The van der Waals surface area contributed by atoms with Crippen LogP contribution in [-0.2, 0) is 6.42 Å². The van der Waals surface area contributed by atoms with Crippen molar-refractivity contribution >= 4 is 0 Å². The first-order chi connectivity index (χ1) is 9.85. The molecule has 0 saturated heterocycles. The van der Waals surface area contributed by atoms with Gasteiger partial charge in [0, 0.05) is 6.42 Å². The molecular weight excluding hydrogens is 244 g/mol. The van der Waals surface area contributed by atoms with Gasteiger partial charge >= 0.3 is 0 Å². The molecule has 20 heavy (non-hydrogen) atoms. The van der Waals surface area contributed by atoms with Crippen LogP contribution in [0.25, 0.3) is 0 Å². The summed E-state index contributed by atoms with van der Waals surface area (Å²) >= 11 is 0. The van der Waals surface area contributed by atoms with Crippen molar-refractivity contribution in [1.82, 2.24) is 0 Å². The maximum Gasteiger partial charge on any atom is 0.130 e. The number of ether oxygens (including phenoxy) is 1. The fraction of sp³-hybridized carbons (Fsp3) is 0.368. The normalized spacial score (nSPS) is 13.1. The van der Waals surface area contributed by atoms with Crippen LogP contribution >= 0.6 is 0 Å². The average Bonchev–Trinajstić information content (AvgIpc) is 2.52. The van der Waals surface area contributed by atoms with Gasteiger partial charge in [0.1, 0.15) is 11.5 Å². The van der Waals surface area contributed by atoms with Gasteiger partial charge in [-0.25, -0.2) is 0 Å². The van der Waals surface area contributed by atoms with Crippen molar-refractivity contribution in [3.63, 3.8) is 0 Å². The Kier molecular flexibility index (Phi) is 10.1. The Labute approximate surface area is 124 Å². The molecule has 1 nitrogen and oxygen atoms in total. The molecule has 0 atom stereocenters. The zero-order valence-electron chi connectivity index (χ0n) is 13.7. The Hall–Kier alpha value is -1.76. The van der Waals surface area contributed by atoms with Crippen molar-refractivity contribution in [3.8, 4) is 5.75 Å². The molecule has 0 radical (unpaired) electrons. The van der Waals surface area contributed by atoms with Crippen LogP contribution in [0.1, 0.15) is 47.1 Å². The van der Waals surface area contributed by atoms with Crippen molar-refractivity contribution in [2.45, 2.75) is 48.0 Å². The summed E-state index contributed by atoms with van der Waals surface area (Å²) in [5.74, 6) is 1.93. The van der Waals surface area contributed by atoms with E-state index in [1.807, 2.05) is 65.8 Å². The van der Waals surface area contributed by atoms with Gasteiger partial charge in [0.25, 0.3) is 0 Å². The first kappa shape index (κ1) is 18.2. The molecule has 0 N–H and O–H groups in total. The van der Waals surface area contributed by atoms with E-state index in [0.717, 1.165) is 17.9 Å². The van der Waals surface area contributed by atoms with Crippen LogP contribution in [-0.4, -0.2) is 0 Å². The first-order valence-electron chi connectivity index (χ1n) is 7.59. The molecule has 1 heterocycles. The Morgan fingerprint density at radius 3 is 2.10 bits per heavy atom. The highest BCUT2D eigenvalue weighted by Crippen LogP contribution is 2.30. The molecule has 0 unspecified atom stereocenters. The summed E-state index contributed by atoms with van der Waals surface area (Å²) in [6.07, 6.45) is 9.14. The lowest BCUT2D eigenvalue weighted by Gasteiger charge is -2.20. The van der Waals surface area contributed by atoms with Crippen LogP contribution in [0, 0.1) is 0 Å². The third-order valence-corrected chi connectivity index (χ3v) is 2.58. The highest BCUT2D eigenvalue weighted by molar-refractivity contribution is 5.46. The Bertz CT molecular complexity index is 421. The lowest BCUT2D eigenvalue weighted by Crippen LogP contribution is -2.07. The van der Waals surface area contributed by atoms with E-state index in [1.165, 1.54) is 11.1 Å². The molecule has 1 aromatic carbocycles. The summed E-state index contributed by atoms with van der Waals surface area (Å²) in [5, 5.41) is 0. The van der Waals surface area contributed by atoms with Gasteiger partial charge in [-0.3, -0.25) is 0 Å². The Morgan fingerprint density at radius 2 is 1.50 bits per heavy atom. The van der Waals surface area contributed by atoms with Gasteiger partial charge in [-0.1, -0.05) is 64.1 Å². The van der Waals surface area contributed by atoms with E-state index in [-0.39, 0.29) is 0 Å². The molecule has 0 saturated carbocycles. The van der Waals surface area contributed by atoms with E-state index in [2.05, 4.69) is 24.3 Å². The lowest BCUT2D eigenvalue weighted by atomic mass is 10.00. The predicted molar refractivity (Wildman–Crippen MR) is 90.1 cm³/mol. The molecule has 1 heteroatoms. The van der Waals surface area contributed by atoms with E-state index in [1.54, 1.807) is 0 Å². The van der Waals surface area contributed by atoms with Crippen molar-refractivity contribution < 1.29 is 4.74 Å². The summed E-state index contributed by atoms with van der Waals surface area (Å²) in [6.45, 7) is 12.0. The van der Waals surface area contributed by atoms with Crippen molar-refractivity contribution in [2.75, 3.05) is 0 Å². The highest BCUT2D eigenvalue weighted by atomic mass is 16.5. The zero-order chi connectivity index (χ0) is 15.4. The van der Waals surface area contributed by atoms with E-state index < -0.39 is 0 Å². The van der Waals surface area contributed by atoms with Gasteiger partial charge in [0.15, 0.2) is 0 Å². The zero-order valence-corrected chi connectivity index (χ0v) is 13.7. The van der Waals surface area contributed by atoms with Gasteiger partial charge in [-0.15, -0.1) is 0 Å². The maximum absolute atomic E-state index is 5.88. The van der Waals surface area contributed by atoms with E-state index in [9.17, 15) is 0 Å². The Balaban J connectivity index is 0.000000829. The maximum atomic E-state index is 5.88. The third-order valence-electron chi connectivity index (χ3n) is 2.58. The number of hydrogen-bond donors (Lipinski definition) is 0. The topological polar surface area (TPSA) is 9.23 Å². The van der Waals surface area contributed by atoms with Gasteiger partial charge in [0.05, 0.1) is 0 Å². The monoisotopic (exact) mass is 272 g/mol. The molecule has 1 aromatic rings. The summed E-state index contributed by atoms with van der Waals surface area (Å²) in [4.78, 5) is 0. The predicted octanol–water partition coefficient (Wildman–Crippen LogP) is 6.08. The molecule has 1 aliphatic rings. The van der Waals surface area contributed by atoms with E-state index in [0.29, 0.717) is 0 Å². The standard InChI is InChI=1S/C15H16O.2C2H6/c1-3-7-12-11-13-9-5-6-10-15(13)16-14(12)8-4-2;2*1-2/h3-10H,11H2,1-2H3;2*1-2H3/b7-3-,8-4-;;. The van der Waals surface area contributed by atoms with E-state index >= 15 is 0 Å². The second kappa shape index (κ2) is 11.1. The fourth-order valence-corrected chi connectivity index (χ4v) is 1.86. The second-order valence-electron chi connectivity index (χ2n) is 3.78. The SMILES string of the molecule is CC.CC.C\C=C/C1=C(\C=C/C)Oc2ccccc2C1. The van der Waals surface area contributed by atoms with E-state index in [4.69, 9.17) is 4.74 Å². The summed E-state index contributed by atoms with van der Waals surface area (Å²) in [5.41, 5.74) is 2.49. The number of rotatable bonds is 2. The average molecular weight is 272 g/mol. The highest BCUT2D eigenvalue weighted by Gasteiger charge is 2.15. The van der Waals surface area contributed by atoms with Gasteiger partial charge in [0.2, 0.25) is 0 Å². The number of para-hydroxylation sites is 1. The molecule has 0 amide bonds. The largest absolute Gasteiger partial charge is 0.457 e. The fourth-order valence-electron chi connectivity index (χ4n) is 1.86. The molecule has 110 valence electrons. The second-order valence-corrected chi connectivity index (χ2v) is 3.78. The number of allylic oxidation sites excluding steroid dienone is 5. The van der Waals surface area contributed by atoms with Crippen LogP contribution in [0.5, 0.6) is 5.75 Å². The molecular formula is C19H28O. The summed E-state index contributed by atoms with van der Waals surface area (Å²) < 4.78 is 5.88. The number of benzene rings is 1. The van der Waals surface area contributed by atoms with Crippen LogP contribution < -0.4 is 4.74 Å². The van der Waals surface area contributed by atoms with Crippen LogP contribution in [0.4, 0.5) is 0 Å². The van der Waals surface area contributed by atoms with Crippen molar-refractivity contribution in [1.29, 1.82) is 0 Å². The van der Waals surface area contributed by atoms with Gasteiger partial charge < -0.3 is 4.74 Å². The third kappa shape index (κ3) is 5.08. The minimum Gasteiger partial charge on any atom is -0.457 e. The molecule has 0 aliphatic carbocycles. The minimum atomic E-state index is 0.945. The molecule has 0 spiro atoms. The van der Waals surface area contributed by atoms with Gasteiger partial charge in [-0.2, -0.15) is 0 Å². The van der Waals surface area contributed by atoms with Crippen molar-refractivity contribution in [3.05, 3.63) is 65.5 Å². The van der Waals surface area contributed by atoms with Crippen LogP contribution in [0.3, 0.4) is 0 Å². The molecule has 0 bridgehead atoms. The Morgan fingerprint density at radius 1 is 0.900 bits per heavy atom. The number of hydrogen-bond acceptors (Lipinski definition) is 1. The summed E-state index contributed by atoms with van der Waals surface area (Å²) in [7, 11) is 0. The van der Waals surface area contributed by atoms with Crippen LogP contribution in [0.15, 0.2) is 59.9 Å². The molecule has 2 rings (SSSR count). The molecule has 0 aromatic heterocycles. The minimum absolute atomic E-state index is 0.945. The number of fused-ring (bicyclic) bond motifs is 1. The first-order valence-corrected chi connectivity index (χ1v) is 7.59. The smallest absolute Gasteiger partial charge is 0.130 e. The lowest BCUT2D eigenvalue weighted by molar-refractivity contribution is 0.422. The van der Waals surface area contributed by atoms with Crippen LogP contribution in [0.2, 0.25) is 0 Å².